The minimum atomic E-state index is 0.0214. The van der Waals surface area contributed by atoms with Gasteiger partial charge in [0.15, 0.2) is 5.82 Å². The van der Waals surface area contributed by atoms with Gasteiger partial charge in [-0.25, -0.2) is 0 Å². The summed E-state index contributed by atoms with van der Waals surface area (Å²) in [7, 11) is 0. The monoisotopic (exact) mass is 258 g/mol. The summed E-state index contributed by atoms with van der Waals surface area (Å²) in [5.41, 5.74) is 0.986. The molecule has 1 atom stereocenters. The molecular weight excluding hydrogens is 240 g/mol. The van der Waals surface area contributed by atoms with Crippen LogP contribution in [0, 0.1) is 5.92 Å². The van der Waals surface area contributed by atoms with E-state index in [1.54, 1.807) is 6.33 Å². The van der Waals surface area contributed by atoms with Gasteiger partial charge in [-0.2, -0.15) is 0 Å². The SMILES string of the molecule is CC[C@@H](C)C(=O)NCc1nncn1-c1ccccc1. The lowest BCUT2D eigenvalue weighted by atomic mass is 10.1. The molecule has 5 heteroatoms. The van der Waals surface area contributed by atoms with E-state index in [0.29, 0.717) is 6.54 Å². The van der Waals surface area contributed by atoms with E-state index >= 15 is 0 Å². The zero-order chi connectivity index (χ0) is 13.7. The van der Waals surface area contributed by atoms with Crippen molar-refractivity contribution >= 4 is 5.91 Å². The number of aromatic nitrogens is 3. The number of hydrogen-bond donors (Lipinski definition) is 1. The number of amides is 1. The minimum absolute atomic E-state index is 0.0214. The van der Waals surface area contributed by atoms with Crippen LogP contribution >= 0.6 is 0 Å². The van der Waals surface area contributed by atoms with E-state index in [1.807, 2.05) is 48.7 Å². The molecule has 19 heavy (non-hydrogen) atoms. The molecule has 0 unspecified atom stereocenters. The summed E-state index contributed by atoms with van der Waals surface area (Å²) in [5, 5.41) is 10.8. The molecule has 0 bridgehead atoms. The van der Waals surface area contributed by atoms with Crippen LogP contribution in [0.25, 0.3) is 5.69 Å². The van der Waals surface area contributed by atoms with E-state index in [9.17, 15) is 4.79 Å². The second-order valence-electron chi connectivity index (χ2n) is 4.48. The van der Waals surface area contributed by atoms with Crippen molar-refractivity contribution in [3.8, 4) is 5.69 Å². The lowest BCUT2D eigenvalue weighted by Gasteiger charge is -2.10. The van der Waals surface area contributed by atoms with Gasteiger partial charge in [0.25, 0.3) is 0 Å². The Morgan fingerprint density at radius 3 is 2.79 bits per heavy atom. The topological polar surface area (TPSA) is 59.8 Å². The fourth-order valence-corrected chi connectivity index (χ4v) is 1.71. The van der Waals surface area contributed by atoms with Crippen molar-refractivity contribution in [1.82, 2.24) is 20.1 Å². The highest BCUT2D eigenvalue weighted by Gasteiger charge is 2.12. The van der Waals surface area contributed by atoms with Gasteiger partial charge < -0.3 is 5.32 Å². The Hall–Kier alpha value is -2.17. The average Bonchev–Trinajstić information content (AvgIpc) is 2.93. The maximum absolute atomic E-state index is 11.7. The molecule has 1 aromatic heterocycles. The molecule has 5 nitrogen and oxygen atoms in total. The molecule has 0 fully saturated rings. The van der Waals surface area contributed by atoms with Gasteiger partial charge in [0.05, 0.1) is 6.54 Å². The van der Waals surface area contributed by atoms with Crippen LogP contribution in [-0.4, -0.2) is 20.7 Å². The highest BCUT2D eigenvalue weighted by molar-refractivity contribution is 5.78. The Bertz CT molecular complexity index is 535. The third-order valence-corrected chi connectivity index (χ3v) is 3.13. The van der Waals surface area contributed by atoms with Gasteiger partial charge in [-0.3, -0.25) is 9.36 Å². The zero-order valence-electron chi connectivity index (χ0n) is 11.2. The number of carbonyl (C=O) groups is 1. The molecule has 0 spiro atoms. The third-order valence-electron chi connectivity index (χ3n) is 3.13. The molecule has 0 aliphatic heterocycles. The highest BCUT2D eigenvalue weighted by atomic mass is 16.1. The largest absolute Gasteiger partial charge is 0.349 e. The van der Waals surface area contributed by atoms with Crippen LogP contribution in [-0.2, 0) is 11.3 Å². The van der Waals surface area contributed by atoms with Gasteiger partial charge in [0, 0.05) is 11.6 Å². The number of para-hydroxylation sites is 1. The molecule has 1 amide bonds. The zero-order valence-corrected chi connectivity index (χ0v) is 11.2. The van der Waals surface area contributed by atoms with Crippen molar-refractivity contribution in [1.29, 1.82) is 0 Å². The van der Waals surface area contributed by atoms with E-state index in [-0.39, 0.29) is 11.8 Å². The standard InChI is InChI=1S/C14H18N4O/c1-3-11(2)14(19)15-9-13-17-16-10-18(13)12-7-5-4-6-8-12/h4-8,10-11H,3,9H2,1-2H3,(H,15,19)/t11-/m1/s1. The molecule has 100 valence electrons. The van der Waals surface area contributed by atoms with Gasteiger partial charge in [-0.15, -0.1) is 10.2 Å². The lowest BCUT2D eigenvalue weighted by Crippen LogP contribution is -2.29. The first-order valence-corrected chi connectivity index (χ1v) is 6.44. The second kappa shape index (κ2) is 6.13. The number of nitrogens with one attached hydrogen (secondary N) is 1. The molecule has 1 aromatic carbocycles. The Morgan fingerprint density at radius 2 is 2.11 bits per heavy atom. The predicted molar refractivity (Wildman–Crippen MR) is 72.7 cm³/mol. The van der Waals surface area contributed by atoms with Gasteiger partial charge in [-0.1, -0.05) is 32.0 Å². The van der Waals surface area contributed by atoms with E-state index in [4.69, 9.17) is 0 Å². The molecule has 1 N–H and O–H groups in total. The maximum atomic E-state index is 11.7. The molecule has 0 aliphatic rings. The summed E-state index contributed by atoms with van der Waals surface area (Å²) in [6.45, 7) is 4.30. The van der Waals surface area contributed by atoms with Gasteiger partial charge in [0.1, 0.15) is 6.33 Å². The first kappa shape index (κ1) is 13.3. The van der Waals surface area contributed by atoms with Crippen LogP contribution in [0.4, 0.5) is 0 Å². The smallest absolute Gasteiger partial charge is 0.223 e. The van der Waals surface area contributed by atoms with E-state index in [0.717, 1.165) is 17.9 Å². The number of carbonyl (C=O) groups excluding carboxylic acids is 1. The number of rotatable bonds is 5. The summed E-state index contributed by atoms with van der Waals surface area (Å²) in [6, 6.07) is 9.82. The van der Waals surface area contributed by atoms with Crippen molar-refractivity contribution in [2.75, 3.05) is 0 Å². The molecule has 0 aliphatic carbocycles. The Morgan fingerprint density at radius 1 is 1.37 bits per heavy atom. The minimum Gasteiger partial charge on any atom is -0.349 e. The molecule has 1 heterocycles. The third kappa shape index (κ3) is 3.19. The highest BCUT2D eigenvalue weighted by Crippen LogP contribution is 2.09. The average molecular weight is 258 g/mol. The molecule has 0 saturated carbocycles. The Balaban J connectivity index is 2.07. The van der Waals surface area contributed by atoms with Crippen molar-refractivity contribution < 1.29 is 4.79 Å². The maximum Gasteiger partial charge on any atom is 0.223 e. The fraction of sp³-hybridized carbons (Fsp3) is 0.357. The van der Waals surface area contributed by atoms with E-state index in [2.05, 4.69) is 15.5 Å². The van der Waals surface area contributed by atoms with E-state index in [1.165, 1.54) is 0 Å². The fourth-order valence-electron chi connectivity index (χ4n) is 1.71. The van der Waals surface area contributed by atoms with Crippen LogP contribution in [0.3, 0.4) is 0 Å². The van der Waals surface area contributed by atoms with Gasteiger partial charge in [0.2, 0.25) is 5.91 Å². The molecule has 2 aromatic rings. The first-order chi connectivity index (χ1) is 9.22. The van der Waals surface area contributed by atoms with Crippen LogP contribution in [0.5, 0.6) is 0 Å². The van der Waals surface area contributed by atoms with Gasteiger partial charge >= 0.3 is 0 Å². The van der Waals surface area contributed by atoms with Crippen molar-refractivity contribution in [3.05, 3.63) is 42.5 Å². The molecule has 2 rings (SSSR count). The van der Waals surface area contributed by atoms with Crippen molar-refractivity contribution in [3.63, 3.8) is 0 Å². The van der Waals surface area contributed by atoms with Crippen molar-refractivity contribution in [2.45, 2.75) is 26.8 Å². The Labute approximate surface area is 112 Å². The number of hydrogen-bond acceptors (Lipinski definition) is 3. The molecular formula is C14H18N4O. The summed E-state index contributed by atoms with van der Waals surface area (Å²) < 4.78 is 1.87. The predicted octanol–water partition coefficient (Wildman–Crippen LogP) is 1.93. The Kier molecular flexibility index (Phi) is 4.28. The van der Waals surface area contributed by atoms with Crippen LogP contribution < -0.4 is 5.32 Å². The van der Waals surface area contributed by atoms with Crippen molar-refractivity contribution in [2.24, 2.45) is 5.92 Å². The number of benzene rings is 1. The first-order valence-electron chi connectivity index (χ1n) is 6.44. The molecule has 0 saturated heterocycles. The normalized spacial score (nSPS) is 12.1. The second-order valence-corrected chi connectivity index (χ2v) is 4.48. The quantitative estimate of drug-likeness (QED) is 0.891. The van der Waals surface area contributed by atoms with Crippen LogP contribution in [0.2, 0.25) is 0 Å². The molecule has 0 radical (unpaired) electrons. The number of nitrogens with zero attached hydrogens (tertiary/aromatic N) is 3. The van der Waals surface area contributed by atoms with Crippen LogP contribution in [0.1, 0.15) is 26.1 Å². The lowest BCUT2D eigenvalue weighted by molar-refractivity contribution is -0.124. The summed E-state index contributed by atoms with van der Waals surface area (Å²) in [5.74, 6) is 0.793. The summed E-state index contributed by atoms with van der Waals surface area (Å²) in [4.78, 5) is 11.7. The van der Waals surface area contributed by atoms with E-state index < -0.39 is 0 Å². The van der Waals surface area contributed by atoms with Crippen LogP contribution in [0.15, 0.2) is 36.7 Å². The summed E-state index contributed by atoms with van der Waals surface area (Å²) in [6.07, 6.45) is 2.48. The summed E-state index contributed by atoms with van der Waals surface area (Å²) >= 11 is 0. The van der Waals surface area contributed by atoms with Gasteiger partial charge in [-0.05, 0) is 18.6 Å².